The highest BCUT2D eigenvalue weighted by molar-refractivity contribution is 6.02. The van der Waals surface area contributed by atoms with E-state index in [0.717, 1.165) is 12.1 Å². The van der Waals surface area contributed by atoms with Crippen molar-refractivity contribution in [3.8, 4) is 6.19 Å². The van der Waals surface area contributed by atoms with Crippen molar-refractivity contribution >= 4 is 11.5 Å². The molecule has 1 atom stereocenters. The molecule has 0 saturated carbocycles. The molecule has 2 aromatic carbocycles. The number of likely N-dealkylation sites (tertiary alicyclic amines) is 1. The molecule has 1 fully saturated rings. The van der Waals surface area contributed by atoms with Gasteiger partial charge in [0.2, 0.25) is 6.19 Å². The first-order valence-corrected chi connectivity index (χ1v) is 11.2. The summed E-state index contributed by atoms with van der Waals surface area (Å²) >= 11 is 0. The van der Waals surface area contributed by atoms with Crippen molar-refractivity contribution in [1.82, 2.24) is 4.90 Å². The summed E-state index contributed by atoms with van der Waals surface area (Å²) in [5.74, 6) is 0.376. The monoisotopic (exact) mass is 526 g/mol. The summed E-state index contributed by atoms with van der Waals surface area (Å²) in [6.45, 7) is 3.57. The van der Waals surface area contributed by atoms with Crippen LogP contribution in [0.3, 0.4) is 0 Å². The molecule has 2 heterocycles. The highest BCUT2D eigenvalue weighted by atomic mass is 19.4. The summed E-state index contributed by atoms with van der Waals surface area (Å²) in [7, 11) is 0. The zero-order chi connectivity index (χ0) is 27.2. The van der Waals surface area contributed by atoms with Crippen LogP contribution in [-0.4, -0.2) is 35.7 Å². The number of oxime groups is 1. The number of hydrogen-bond donors (Lipinski definition) is 0. The van der Waals surface area contributed by atoms with Crippen LogP contribution in [0.1, 0.15) is 42.5 Å². The third-order valence-electron chi connectivity index (χ3n) is 6.47. The van der Waals surface area contributed by atoms with Gasteiger partial charge in [0.05, 0.1) is 24.4 Å². The van der Waals surface area contributed by atoms with Crippen molar-refractivity contribution < 1.29 is 35.6 Å². The van der Waals surface area contributed by atoms with Crippen molar-refractivity contribution in [3.63, 3.8) is 0 Å². The van der Waals surface area contributed by atoms with Crippen LogP contribution in [0, 0.1) is 17.4 Å². The SMILES string of the molecule is CC(C)C(=NC#N)N1CC(F)(c2ccc(C3=NOC(c4cccc(C(F)(F)F)c4)(C(F)(F)F)C3)cc2)C1. The van der Waals surface area contributed by atoms with E-state index in [0.29, 0.717) is 18.0 Å². The number of rotatable bonds is 4. The molecule has 0 aliphatic carbocycles. The maximum absolute atomic E-state index is 15.4. The van der Waals surface area contributed by atoms with Gasteiger partial charge in [-0.05, 0) is 23.3 Å². The number of benzene rings is 2. The minimum atomic E-state index is -5.07. The summed E-state index contributed by atoms with van der Waals surface area (Å²) in [5, 5.41) is 12.4. The molecule has 37 heavy (non-hydrogen) atoms. The van der Waals surface area contributed by atoms with E-state index < -0.39 is 41.2 Å². The minimum Gasteiger partial charge on any atom is -0.374 e. The molecule has 1 saturated heterocycles. The molecular formula is C25H21F7N4O. The van der Waals surface area contributed by atoms with E-state index in [1.165, 1.54) is 24.3 Å². The maximum Gasteiger partial charge on any atom is 0.435 e. The zero-order valence-electron chi connectivity index (χ0n) is 19.7. The quantitative estimate of drug-likeness (QED) is 0.203. The fraction of sp³-hybridized carbons (Fsp3) is 0.400. The molecule has 0 amide bonds. The van der Waals surface area contributed by atoms with Crippen molar-refractivity contribution in [2.24, 2.45) is 16.1 Å². The second kappa shape index (κ2) is 9.04. The highest BCUT2D eigenvalue weighted by Crippen LogP contribution is 2.49. The molecule has 2 aromatic rings. The van der Waals surface area contributed by atoms with Gasteiger partial charge in [0, 0.05) is 17.9 Å². The average Bonchev–Trinajstić information content (AvgIpc) is 3.27. The van der Waals surface area contributed by atoms with Crippen molar-refractivity contribution in [2.75, 3.05) is 13.1 Å². The second-order valence-electron chi connectivity index (χ2n) is 9.33. The molecule has 0 N–H and O–H groups in total. The topological polar surface area (TPSA) is 61.0 Å². The Bertz CT molecular complexity index is 1270. The maximum atomic E-state index is 15.4. The molecular weight excluding hydrogens is 505 g/mol. The summed E-state index contributed by atoms with van der Waals surface area (Å²) in [5.41, 5.74) is -6.42. The van der Waals surface area contributed by atoms with Crippen LogP contribution < -0.4 is 0 Å². The Morgan fingerprint density at radius 3 is 2.24 bits per heavy atom. The second-order valence-corrected chi connectivity index (χ2v) is 9.33. The lowest BCUT2D eigenvalue weighted by Gasteiger charge is -2.47. The first-order chi connectivity index (χ1) is 17.2. The first kappa shape index (κ1) is 26.4. The fourth-order valence-corrected chi connectivity index (χ4v) is 4.49. The Labute approximate surface area is 207 Å². The predicted molar refractivity (Wildman–Crippen MR) is 120 cm³/mol. The molecule has 0 aromatic heterocycles. The molecule has 0 radical (unpaired) electrons. The molecule has 4 rings (SSSR count). The van der Waals surface area contributed by atoms with Crippen LogP contribution in [0.25, 0.3) is 0 Å². The van der Waals surface area contributed by atoms with E-state index in [1.807, 2.05) is 13.8 Å². The number of nitrogens with zero attached hydrogens (tertiary/aromatic N) is 4. The smallest absolute Gasteiger partial charge is 0.374 e. The third-order valence-corrected chi connectivity index (χ3v) is 6.47. The summed E-state index contributed by atoms with van der Waals surface area (Å²) in [4.78, 5) is 10.2. The van der Waals surface area contributed by atoms with Crippen molar-refractivity contribution in [2.45, 2.75) is 43.9 Å². The average molecular weight is 526 g/mol. The van der Waals surface area contributed by atoms with Crippen LogP contribution in [0.4, 0.5) is 30.7 Å². The number of halogens is 7. The lowest BCUT2D eigenvalue weighted by atomic mass is 9.84. The van der Waals surface area contributed by atoms with E-state index in [1.54, 1.807) is 11.1 Å². The van der Waals surface area contributed by atoms with Gasteiger partial charge in [-0.1, -0.05) is 55.4 Å². The molecule has 0 bridgehead atoms. The molecule has 0 spiro atoms. The van der Waals surface area contributed by atoms with Crippen LogP contribution in [0.2, 0.25) is 0 Å². The summed E-state index contributed by atoms with van der Waals surface area (Å²) < 4.78 is 97.2. The Morgan fingerprint density at radius 1 is 1.05 bits per heavy atom. The Kier molecular flexibility index (Phi) is 6.46. The van der Waals surface area contributed by atoms with E-state index in [2.05, 4.69) is 10.1 Å². The predicted octanol–water partition coefficient (Wildman–Crippen LogP) is 6.30. The van der Waals surface area contributed by atoms with Gasteiger partial charge in [-0.25, -0.2) is 4.39 Å². The lowest BCUT2D eigenvalue weighted by molar-refractivity contribution is -0.276. The summed E-state index contributed by atoms with van der Waals surface area (Å²) in [6, 6.07) is 8.52. The highest BCUT2D eigenvalue weighted by Gasteiger charge is 2.62. The standard InChI is InChI=1S/C25H21F7N4O/c1-15(2)21(34-14-33)36-12-22(26,13-36)17-8-6-16(7-9-17)20-11-23(37-35-20,25(30,31)32)18-4-3-5-19(10-18)24(27,28)29/h3-10,15H,11-13H2,1-2H3. The van der Waals surface area contributed by atoms with E-state index in [4.69, 9.17) is 10.1 Å². The van der Waals surface area contributed by atoms with Gasteiger partial charge in [-0.3, -0.25) is 0 Å². The Balaban J connectivity index is 1.55. The van der Waals surface area contributed by atoms with Gasteiger partial charge in [0.25, 0.3) is 5.60 Å². The molecule has 196 valence electrons. The van der Waals surface area contributed by atoms with Crippen molar-refractivity contribution in [1.29, 1.82) is 5.26 Å². The first-order valence-electron chi connectivity index (χ1n) is 11.2. The molecule has 1 unspecified atom stereocenters. The minimum absolute atomic E-state index is 0.0399. The Morgan fingerprint density at radius 2 is 1.70 bits per heavy atom. The van der Waals surface area contributed by atoms with Gasteiger partial charge in [0.1, 0.15) is 5.84 Å². The summed E-state index contributed by atoms with van der Waals surface area (Å²) in [6.07, 6.45) is -9.05. The van der Waals surface area contributed by atoms with Crippen LogP contribution in [-0.2, 0) is 22.3 Å². The van der Waals surface area contributed by atoms with Crippen molar-refractivity contribution in [3.05, 3.63) is 70.8 Å². The molecule has 12 heteroatoms. The largest absolute Gasteiger partial charge is 0.435 e. The zero-order valence-corrected chi connectivity index (χ0v) is 19.7. The number of hydrogen-bond acceptors (Lipinski definition) is 4. The normalized spacial score (nSPS) is 21.8. The van der Waals surface area contributed by atoms with Gasteiger partial charge in [-0.2, -0.15) is 36.6 Å². The number of nitriles is 1. The number of aliphatic imine (C=N–C) groups is 1. The van der Waals surface area contributed by atoms with E-state index in [9.17, 15) is 26.3 Å². The fourth-order valence-electron chi connectivity index (χ4n) is 4.49. The van der Waals surface area contributed by atoms with Gasteiger partial charge >= 0.3 is 12.4 Å². The van der Waals surface area contributed by atoms with Crippen LogP contribution in [0.5, 0.6) is 0 Å². The number of amidine groups is 1. The van der Waals surface area contributed by atoms with Gasteiger partial charge < -0.3 is 9.74 Å². The Hall–Kier alpha value is -3.62. The van der Waals surface area contributed by atoms with E-state index >= 15 is 4.39 Å². The molecule has 2 aliphatic rings. The lowest BCUT2D eigenvalue weighted by Crippen LogP contribution is -2.59. The molecule has 2 aliphatic heterocycles. The van der Waals surface area contributed by atoms with Crippen LogP contribution in [0.15, 0.2) is 58.7 Å². The number of alkyl halides is 7. The molecule has 5 nitrogen and oxygen atoms in total. The van der Waals surface area contributed by atoms with Gasteiger partial charge in [-0.15, -0.1) is 0 Å². The van der Waals surface area contributed by atoms with E-state index in [-0.39, 0.29) is 35.8 Å². The third kappa shape index (κ3) is 4.74. The van der Waals surface area contributed by atoms with Crippen LogP contribution >= 0.6 is 0 Å². The van der Waals surface area contributed by atoms with Gasteiger partial charge in [0.15, 0.2) is 5.67 Å².